The van der Waals surface area contributed by atoms with Crippen LogP contribution in [0.15, 0.2) is 72.8 Å². The van der Waals surface area contributed by atoms with Gasteiger partial charge in [-0.25, -0.2) is 17.5 Å². The van der Waals surface area contributed by atoms with E-state index >= 15 is 0 Å². The molecule has 10 nitrogen and oxygen atoms in total. The maximum atomic E-state index is 14.8. The van der Waals surface area contributed by atoms with E-state index < -0.39 is 44.9 Å². The Labute approximate surface area is 282 Å². The van der Waals surface area contributed by atoms with Gasteiger partial charge < -0.3 is 9.64 Å². The number of amides is 1. The predicted molar refractivity (Wildman–Crippen MR) is 175 cm³/mol. The number of nitrogens with one attached hydrogen (secondary N) is 1. The second kappa shape index (κ2) is 12.5. The first kappa shape index (κ1) is 32.0. The molecule has 2 saturated carbocycles. The van der Waals surface area contributed by atoms with Crippen molar-refractivity contribution < 1.29 is 22.3 Å². The summed E-state index contributed by atoms with van der Waals surface area (Å²) in [6.45, 7) is 0. The molecule has 0 unspecified atom stereocenters. The summed E-state index contributed by atoms with van der Waals surface area (Å²) in [4.78, 5) is 16.6. The fourth-order valence-corrected chi connectivity index (χ4v) is 8.69. The first-order valence-corrected chi connectivity index (χ1v) is 17.8. The summed E-state index contributed by atoms with van der Waals surface area (Å²) in [5.41, 5.74) is 1.46. The molecule has 7 rings (SSSR count). The highest BCUT2D eigenvalue weighted by molar-refractivity contribution is 7.94. The summed E-state index contributed by atoms with van der Waals surface area (Å²) >= 11 is 12.8. The van der Waals surface area contributed by atoms with Gasteiger partial charge in [0.25, 0.3) is 5.91 Å². The van der Waals surface area contributed by atoms with Crippen LogP contribution in [0.3, 0.4) is 0 Å². The third-order valence-electron chi connectivity index (χ3n) is 9.49. The standard InChI is InChI=1S/C33H33Cl2FN6O4S/c1-41-29(37-39-40-41)18-28-32(43)42(30(21-11-13-23(34)14-12-21)31(46-28)22-5-4-6-24(35)17-22)27(20-9-10-20)19-33(15-16-33)47(44,45)38-26-8-3-2-7-25(26)36/h2-8,11-14,17,20,27-28,30-31,38H,9-10,15-16,18-19H2,1H3/t27-,28+,30+,31-/m0/s1. The van der Waals surface area contributed by atoms with Gasteiger partial charge in [0.05, 0.1) is 16.5 Å². The molecule has 0 radical (unpaired) electrons. The van der Waals surface area contributed by atoms with Crippen LogP contribution in [0.25, 0.3) is 0 Å². The molecule has 3 aromatic carbocycles. The van der Waals surface area contributed by atoms with Crippen molar-refractivity contribution >= 4 is 44.8 Å². The summed E-state index contributed by atoms with van der Waals surface area (Å²) in [7, 11) is -2.33. The summed E-state index contributed by atoms with van der Waals surface area (Å²) in [5, 5.41) is 12.8. The Morgan fingerprint density at radius 1 is 1.02 bits per heavy atom. The molecule has 14 heteroatoms. The van der Waals surface area contributed by atoms with E-state index in [1.54, 1.807) is 31.3 Å². The lowest BCUT2D eigenvalue weighted by molar-refractivity contribution is -0.180. The SMILES string of the molecule is Cn1nnnc1C[C@H]1O[C@@H](c2cccc(Cl)c2)[C@@H](c2ccc(Cl)cc2)N([C@@H](CC2(S(=O)(=O)Nc3ccccc3F)CC2)C2CC2)C1=O. The van der Waals surface area contributed by atoms with Crippen molar-refractivity contribution in [3.05, 3.63) is 106 Å². The average Bonchev–Trinajstić information content (AvgIpc) is 3.98. The topological polar surface area (TPSA) is 119 Å². The molecule has 4 atom stereocenters. The van der Waals surface area contributed by atoms with Crippen LogP contribution in [0.4, 0.5) is 10.1 Å². The minimum absolute atomic E-state index is 0.0742. The lowest BCUT2D eigenvalue weighted by Crippen LogP contribution is -2.57. The summed E-state index contributed by atoms with van der Waals surface area (Å²) in [6.07, 6.45) is 1.17. The number of rotatable bonds is 11. The number of para-hydroxylation sites is 1. The van der Waals surface area contributed by atoms with Crippen molar-refractivity contribution in [2.75, 3.05) is 4.72 Å². The van der Waals surface area contributed by atoms with Gasteiger partial charge >= 0.3 is 0 Å². The number of carbonyl (C=O) groups excluding carboxylic acids is 1. The molecule has 0 spiro atoms. The van der Waals surface area contributed by atoms with Crippen molar-refractivity contribution in [1.82, 2.24) is 25.1 Å². The van der Waals surface area contributed by atoms with Crippen LogP contribution >= 0.6 is 23.2 Å². The van der Waals surface area contributed by atoms with Gasteiger partial charge in [0, 0.05) is 29.6 Å². The maximum absolute atomic E-state index is 14.8. The number of sulfonamides is 1. The molecule has 1 aliphatic heterocycles. The third-order valence-corrected chi connectivity index (χ3v) is 12.2. The average molecular weight is 700 g/mol. The number of aromatic nitrogens is 4. The molecule has 2 heterocycles. The second-order valence-electron chi connectivity index (χ2n) is 12.6. The van der Waals surface area contributed by atoms with Crippen molar-refractivity contribution in [3.63, 3.8) is 0 Å². The molecule has 1 aromatic heterocycles. The number of ether oxygens (including phenoxy) is 1. The van der Waals surface area contributed by atoms with E-state index in [1.165, 1.54) is 22.9 Å². The van der Waals surface area contributed by atoms with E-state index in [0.717, 1.165) is 24.0 Å². The van der Waals surface area contributed by atoms with Crippen LogP contribution in [0, 0.1) is 11.7 Å². The Bertz CT molecular complexity index is 1900. The van der Waals surface area contributed by atoms with Gasteiger partial charge in [-0.2, -0.15) is 0 Å². The van der Waals surface area contributed by atoms with E-state index in [2.05, 4.69) is 20.2 Å². The zero-order valence-electron chi connectivity index (χ0n) is 25.5. The van der Waals surface area contributed by atoms with Gasteiger partial charge in [-0.1, -0.05) is 59.6 Å². The van der Waals surface area contributed by atoms with E-state index in [4.69, 9.17) is 27.9 Å². The molecule has 3 aliphatic rings. The molecular formula is C33H33Cl2FN6O4S. The number of aryl methyl sites for hydroxylation is 1. The molecule has 4 aromatic rings. The molecule has 1 amide bonds. The van der Waals surface area contributed by atoms with Gasteiger partial charge in [0.2, 0.25) is 10.0 Å². The number of halogens is 3. The van der Waals surface area contributed by atoms with E-state index in [-0.39, 0.29) is 30.4 Å². The van der Waals surface area contributed by atoms with Crippen LogP contribution < -0.4 is 4.72 Å². The van der Waals surface area contributed by atoms with Gasteiger partial charge in [0.15, 0.2) is 5.82 Å². The van der Waals surface area contributed by atoms with Crippen LogP contribution in [0.5, 0.6) is 0 Å². The quantitative estimate of drug-likeness (QED) is 0.203. The third kappa shape index (κ3) is 6.36. The fraction of sp³-hybridized carbons (Fsp3) is 0.394. The number of morpholine rings is 1. The smallest absolute Gasteiger partial charge is 0.253 e. The molecule has 0 bridgehead atoms. The summed E-state index contributed by atoms with van der Waals surface area (Å²) in [5.74, 6) is -0.387. The van der Waals surface area contributed by atoms with E-state index in [9.17, 15) is 17.6 Å². The van der Waals surface area contributed by atoms with E-state index in [0.29, 0.717) is 28.7 Å². The molecule has 1 saturated heterocycles. The number of hydrogen-bond acceptors (Lipinski definition) is 7. The lowest BCUT2D eigenvalue weighted by Gasteiger charge is -2.49. The molecule has 47 heavy (non-hydrogen) atoms. The minimum atomic E-state index is -4.02. The molecule has 3 fully saturated rings. The molecule has 2 aliphatic carbocycles. The lowest BCUT2D eigenvalue weighted by atomic mass is 9.88. The zero-order valence-corrected chi connectivity index (χ0v) is 27.8. The maximum Gasteiger partial charge on any atom is 0.253 e. The van der Waals surface area contributed by atoms with Gasteiger partial charge in [-0.3, -0.25) is 9.52 Å². The normalized spacial score (nSPS) is 23.0. The van der Waals surface area contributed by atoms with Crippen LogP contribution in [0.1, 0.15) is 61.2 Å². The first-order chi connectivity index (χ1) is 22.5. The number of hydrogen-bond donors (Lipinski definition) is 1. The van der Waals surface area contributed by atoms with Crippen molar-refractivity contribution in [1.29, 1.82) is 0 Å². The predicted octanol–water partition coefficient (Wildman–Crippen LogP) is 6.05. The van der Waals surface area contributed by atoms with Crippen molar-refractivity contribution in [3.8, 4) is 0 Å². The number of carbonyl (C=O) groups is 1. The number of nitrogens with zero attached hydrogens (tertiary/aromatic N) is 5. The Kier molecular flexibility index (Phi) is 8.48. The van der Waals surface area contributed by atoms with E-state index in [1.807, 2.05) is 35.2 Å². The monoisotopic (exact) mass is 698 g/mol. The van der Waals surface area contributed by atoms with Gasteiger partial charge in [-0.05, 0) is 96.0 Å². The van der Waals surface area contributed by atoms with Crippen molar-refractivity contribution in [2.24, 2.45) is 13.0 Å². The second-order valence-corrected chi connectivity index (χ2v) is 15.6. The van der Waals surface area contributed by atoms with Crippen LogP contribution in [-0.2, 0) is 33.0 Å². The number of anilines is 1. The summed E-state index contributed by atoms with van der Waals surface area (Å²) < 4.78 is 52.0. The van der Waals surface area contributed by atoms with Gasteiger partial charge in [-0.15, -0.1) is 5.10 Å². The highest BCUT2D eigenvalue weighted by Crippen LogP contribution is 2.55. The Hall–Kier alpha value is -3.58. The number of tetrazole rings is 1. The molecule has 1 N–H and O–H groups in total. The Morgan fingerprint density at radius 2 is 1.77 bits per heavy atom. The molecular weight excluding hydrogens is 666 g/mol. The largest absolute Gasteiger partial charge is 0.357 e. The highest BCUT2D eigenvalue weighted by atomic mass is 35.5. The van der Waals surface area contributed by atoms with Gasteiger partial charge in [0.1, 0.15) is 18.0 Å². The molecule has 246 valence electrons. The van der Waals surface area contributed by atoms with Crippen molar-refractivity contribution in [2.45, 2.75) is 67.6 Å². The minimum Gasteiger partial charge on any atom is -0.357 e. The Morgan fingerprint density at radius 3 is 2.40 bits per heavy atom. The zero-order chi connectivity index (χ0) is 32.9. The first-order valence-electron chi connectivity index (χ1n) is 15.5. The van der Waals surface area contributed by atoms with Crippen LogP contribution in [-0.4, -0.2) is 56.3 Å². The highest BCUT2D eigenvalue weighted by Gasteiger charge is 2.60. The van der Waals surface area contributed by atoms with Crippen LogP contribution in [0.2, 0.25) is 10.0 Å². The number of benzene rings is 3. The Balaban J connectivity index is 1.32. The summed E-state index contributed by atoms with van der Waals surface area (Å²) in [6, 6.07) is 19.2. The fourth-order valence-electron chi connectivity index (χ4n) is 6.66.